The first-order valence-electron chi connectivity index (χ1n) is 5.80. The average Bonchev–Trinajstić information content (AvgIpc) is 2.73. The van der Waals surface area contributed by atoms with Crippen molar-refractivity contribution in [2.75, 3.05) is 19.6 Å². The van der Waals surface area contributed by atoms with E-state index in [1.165, 1.54) is 13.0 Å². The molecule has 3 saturated heterocycles. The molecule has 3 aliphatic rings. The van der Waals surface area contributed by atoms with E-state index in [-0.39, 0.29) is 17.7 Å². The summed E-state index contributed by atoms with van der Waals surface area (Å²) in [5, 5.41) is 2.43. The van der Waals surface area contributed by atoms with Gasteiger partial charge in [-0.15, -0.1) is 0 Å². The lowest BCUT2D eigenvalue weighted by molar-refractivity contribution is -0.126. The van der Waals surface area contributed by atoms with Gasteiger partial charge in [-0.2, -0.15) is 0 Å². The molecule has 0 saturated carbocycles. The second-order valence-corrected chi connectivity index (χ2v) is 5.02. The van der Waals surface area contributed by atoms with Crippen molar-refractivity contribution in [3.8, 4) is 0 Å². The van der Waals surface area contributed by atoms with Crippen molar-refractivity contribution in [3.63, 3.8) is 0 Å². The van der Waals surface area contributed by atoms with E-state index in [1.807, 2.05) is 0 Å². The molecule has 1 N–H and O–H groups in total. The number of fused-ring (bicyclic) bond motifs is 2. The predicted octanol–water partition coefficient (Wildman–Crippen LogP) is -0.00910. The van der Waals surface area contributed by atoms with Gasteiger partial charge in [-0.05, 0) is 37.8 Å². The van der Waals surface area contributed by atoms with Crippen molar-refractivity contribution >= 4 is 11.8 Å². The fourth-order valence-corrected chi connectivity index (χ4v) is 3.43. The summed E-state index contributed by atoms with van der Waals surface area (Å²) in [5.41, 5.74) is 0. The molecule has 0 radical (unpaired) electrons. The fourth-order valence-electron chi connectivity index (χ4n) is 3.43. The van der Waals surface area contributed by atoms with Gasteiger partial charge in [0.15, 0.2) is 0 Å². The summed E-state index contributed by atoms with van der Waals surface area (Å²) < 4.78 is 0. The first-order chi connectivity index (χ1) is 7.24. The molecule has 4 atom stereocenters. The Hall–Kier alpha value is -0.900. The monoisotopic (exact) mass is 208 g/mol. The van der Waals surface area contributed by atoms with Crippen LogP contribution >= 0.6 is 0 Å². The molecular formula is C11H16N2O2. The Balaban J connectivity index is 1.76. The van der Waals surface area contributed by atoms with E-state index in [0.29, 0.717) is 18.3 Å². The lowest BCUT2D eigenvalue weighted by Gasteiger charge is -2.32. The first-order valence-corrected chi connectivity index (χ1v) is 5.80. The second-order valence-electron chi connectivity index (χ2n) is 5.02. The van der Waals surface area contributed by atoms with E-state index in [4.69, 9.17) is 0 Å². The van der Waals surface area contributed by atoms with Gasteiger partial charge in [-0.1, -0.05) is 0 Å². The molecule has 4 unspecified atom stereocenters. The van der Waals surface area contributed by atoms with Crippen LogP contribution in [-0.4, -0.2) is 36.3 Å². The van der Waals surface area contributed by atoms with Crippen LogP contribution in [0.15, 0.2) is 0 Å². The molecule has 2 bridgehead atoms. The largest absolute Gasteiger partial charge is 0.303 e. The number of nitrogens with one attached hydrogen (secondary N) is 1. The van der Waals surface area contributed by atoms with Crippen LogP contribution in [0.4, 0.5) is 0 Å². The van der Waals surface area contributed by atoms with Crippen LogP contribution in [0.5, 0.6) is 0 Å². The summed E-state index contributed by atoms with van der Waals surface area (Å²) in [5.74, 6) is 0.981. The van der Waals surface area contributed by atoms with Crippen molar-refractivity contribution < 1.29 is 9.59 Å². The first kappa shape index (κ1) is 9.33. The summed E-state index contributed by atoms with van der Waals surface area (Å²) in [4.78, 5) is 25.3. The highest BCUT2D eigenvalue weighted by molar-refractivity contribution is 6.03. The van der Waals surface area contributed by atoms with Gasteiger partial charge in [-0.3, -0.25) is 14.9 Å². The van der Waals surface area contributed by atoms with Crippen LogP contribution in [0.3, 0.4) is 0 Å². The highest BCUT2D eigenvalue weighted by Gasteiger charge is 2.44. The smallest absolute Gasteiger partial charge is 0.230 e. The van der Waals surface area contributed by atoms with Crippen molar-refractivity contribution in [2.45, 2.75) is 19.3 Å². The highest BCUT2D eigenvalue weighted by atomic mass is 16.2. The summed E-state index contributed by atoms with van der Waals surface area (Å²) in [7, 11) is 0. The van der Waals surface area contributed by atoms with Gasteiger partial charge in [0.05, 0.1) is 5.92 Å². The number of nitrogens with zero attached hydrogens (tertiary/aromatic N) is 1. The third-order valence-electron chi connectivity index (χ3n) is 4.21. The Morgan fingerprint density at radius 3 is 2.73 bits per heavy atom. The molecule has 2 amide bonds. The molecule has 3 fully saturated rings. The molecule has 15 heavy (non-hydrogen) atoms. The predicted molar refractivity (Wildman–Crippen MR) is 53.9 cm³/mol. The average molecular weight is 208 g/mol. The van der Waals surface area contributed by atoms with Crippen LogP contribution in [0.25, 0.3) is 0 Å². The van der Waals surface area contributed by atoms with Gasteiger partial charge in [0.25, 0.3) is 0 Å². The number of imide groups is 1. The minimum Gasteiger partial charge on any atom is -0.303 e. The van der Waals surface area contributed by atoms with E-state index in [0.717, 1.165) is 19.5 Å². The van der Waals surface area contributed by atoms with E-state index in [2.05, 4.69) is 10.2 Å². The zero-order chi connectivity index (χ0) is 10.4. The quantitative estimate of drug-likeness (QED) is 0.617. The summed E-state index contributed by atoms with van der Waals surface area (Å²) in [6, 6.07) is 0. The Morgan fingerprint density at radius 1 is 1.20 bits per heavy atom. The highest BCUT2D eigenvalue weighted by Crippen LogP contribution is 2.39. The molecule has 0 aromatic heterocycles. The third kappa shape index (κ3) is 1.47. The fraction of sp³-hybridized carbons (Fsp3) is 0.818. The SMILES string of the molecule is O=C1CC(C2CCN3CCC2C3)C(=O)N1. The lowest BCUT2D eigenvalue weighted by atomic mass is 9.77. The maximum atomic E-state index is 11.6. The van der Waals surface area contributed by atoms with E-state index < -0.39 is 0 Å². The number of carbonyl (C=O) groups is 2. The summed E-state index contributed by atoms with van der Waals surface area (Å²) in [6.07, 6.45) is 2.73. The molecule has 3 heterocycles. The normalized spacial score (nSPS) is 44.5. The van der Waals surface area contributed by atoms with Crippen molar-refractivity contribution in [3.05, 3.63) is 0 Å². The number of piperidine rings is 1. The van der Waals surface area contributed by atoms with Crippen LogP contribution in [-0.2, 0) is 9.59 Å². The number of hydrogen-bond acceptors (Lipinski definition) is 3. The lowest BCUT2D eigenvalue weighted by Crippen LogP contribution is -2.38. The van der Waals surface area contributed by atoms with Crippen molar-refractivity contribution in [1.29, 1.82) is 0 Å². The van der Waals surface area contributed by atoms with Gasteiger partial charge in [0.1, 0.15) is 0 Å². The Bertz CT molecular complexity index is 316. The van der Waals surface area contributed by atoms with Crippen LogP contribution in [0.1, 0.15) is 19.3 Å². The Morgan fingerprint density at radius 2 is 2.00 bits per heavy atom. The van der Waals surface area contributed by atoms with E-state index in [9.17, 15) is 9.59 Å². The molecular weight excluding hydrogens is 192 g/mol. The van der Waals surface area contributed by atoms with Gasteiger partial charge < -0.3 is 4.90 Å². The van der Waals surface area contributed by atoms with Crippen molar-refractivity contribution in [1.82, 2.24) is 10.2 Å². The molecule has 4 nitrogen and oxygen atoms in total. The van der Waals surface area contributed by atoms with E-state index >= 15 is 0 Å². The van der Waals surface area contributed by atoms with E-state index in [1.54, 1.807) is 0 Å². The molecule has 4 heteroatoms. The number of rotatable bonds is 1. The van der Waals surface area contributed by atoms with Crippen LogP contribution in [0.2, 0.25) is 0 Å². The van der Waals surface area contributed by atoms with Gasteiger partial charge >= 0.3 is 0 Å². The maximum Gasteiger partial charge on any atom is 0.230 e. The second kappa shape index (κ2) is 3.30. The molecule has 0 aliphatic carbocycles. The molecule has 0 aromatic carbocycles. The third-order valence-corrected chi connectivity index (χ3v) is 4.21. The molecule has 3 rings (SSSR count). The summed E-state index contributed by atoms with van der Waals surface area (Å²) in [6.45, 7) is 3.44. The maximum absolute atomic E-state index is 11.6. The van der Waals surface area contributed by atoms with Gasteiger partial charge in [0.2, 0.25) is 11.8 Å². The van der Waals surface area contributed by atoms with Crippen LogP contribution in [0, 0.1) is 17.8 Å². The molecule has 3 aliphatic heterocycles. The zero-order valence-electron chi connectivity index (χ0n) is 8.74. The standard InChI is InChI=1S/C11H16N2O2/c14-10-5-9(11(15)12-10)8-2-4-13-3-1-7(8)6-13/h7-9H,1-6H2,(H,12,14,15). The number of hydrogen-bond donors (Lipinski definition) is 1. The molecule has 0 spiro atoms. The minimum absolute atomic E-state index is 0.0228. The van der Waals surface area contributed by atoms with Crippen molar-refractivity contribution in [2.24, 2.45) is 17.8 Å². The number of amides is 2. The topological polar surface area (TPSA) is 49.4 Å². The summed E-state index contributed by atoms with van der Waals surface area (Å²) >= 11 is 0. The minimum atomic E-state index is -0.0783. The molecule has 82 valence electrons. The Labute approximate surface area is 89.0 Å². The van der Waals surface area contributed by atoms with Gasteiger partial charge in [0, 0.05) is 13.0 Å². The number of carbonyl (C=O) groups excluding carboxylic acids is 2. The molecule has 0 aromatic rings. The zero-order valence-corrected chi connectivity index (χ0v) is 8.74. The Kier molecular flexibility index (Phi) is 2.06. The van der Waals surface area contributed by atoms with Crippen LogP contribution < -0.4 is 5.32 Å². The van der Waals surface area contributed by atoms with Gasteiger partial charge in [-0.25, -0.2) is 0 Å².